The van der Waals surface area contributed by atoms with Crippen LogP contribution in [0.3, 0.4) is 0 Å². The molecule has 1 heterocycles. The molecule has 0 aliphatic carbocycles. The summed E-state index contributed by atoms with van der Waals surface area (Å²) in [6.45, 7) is 3.54. The number of rotatable bonds is 7. The third-order valence-electron chi connectivity index (χ3n) is 3.98. The van der Waals surface area contributed by atoms with Gasteiger partial charge in [0.1, 0.15) is 5.75 Å². The number of nitrogens with one attached hydrogen (secondary N) is 3. The largest absolute Gasteiger partial charge is 0.496 e. The molecule has 3 N–H and O–H groups in total. The van der Waals surface area contributed by atoms with Crippen LogP contribution in [0, 0.1) is 0 Å². The van der Waals surface area contributed by atoms with Gasteiger partial charge in [-0.3, -0.25) is 4.79 Å². The predicted molar refractivity (Wildman–Crippen MR) is 98.6 cm³/mol. The summed E-state index contributed by atoms with van der Waals surface area (Å²) in [5, 5.41) is 5.92. The van der Waals surface area contributed by atoms with Gasteiger partial charge in [-0.25, -0.2) is 13.1 Å². The molecule has 142 valence electrons. The van der Waals surface area contributed by atoms with E-state index in [0.717, 1.165) is 19.4 Å². The van der Waals surface area contributed by atoms with Gasteiger partial charge in [-0.1, -0.05) is 6.92 Å². The second-order valence-electron chi connectivity index (χ2n) is 5.77. The number of benzene rings is 1. The Bertz CT molecular complexity index is 676. The summed E-state index contributed by atoms with van der Waals surface area (Å²) >= 11 is 0. The normalized spacial score (nSPS) is 17.4. The Balaban J connectivity index is 0.00000312. The van der Waals surface area contributed by atoms with E-state index in [9.17, 15) is 13.2 Å². The van der Waals surface area contributed by atoms with Crippen LogP contribution in [0.25, 0.3) is 0 Å². The highest BCUT2D eigenvalue weighted by atomic mass is 35.5. The number of carbonyl (C=O) groups is 1. The topological polar surface area (TPSA) is 96.5 Å². The van der Waals surface area contributed by atoms with Crippen molar-refractivity contribution in [1.29, 1.82) is 0 Å². The molecule has 0 radical (unpaired) electrons. The molecule has 1 unspecified atom stereocenters. The van der Waals surface area contributed by atoms with Crippen LogP contribution in [0.2, 0.25) is 0 Å². The summed E-state index contributed by atoms with van der Waals surface area (Å²) in [5.74, 6) is 0.446. The predicted octanol–water partition coefficient (Wildman–Crippen LogP) is 1.17. The van der Waals surface area contributed by atoms with Crippen LogP contribution < -0.4 is 20.1 Å². The summed E-state index contributed by atoms with van der Waals surface area (Å²) in [6.07, 6.45) is 2.14. The molecule has 2 rings (SSSR count). The van der Waals surface area contributed by atoms with Gasteiger partial charge in [-0.05, 0) is 37.6 Å². The average molecular weight is 392 g/mol. The fraction of sp³-hybridized carbons (Fsp3) is 0.562. The summed E-state index contributed by atoms with van der Waals surface area (Å²) in [4.78, 5) is 11.6. The number of methoxy groups -OCH3 is 1. The number of piperidine rings is 1. The lowest BCUT2D eigenvalue weighted by molar-refractivity contribution is -0.120. The fourth-order valence-electron chi connectivity index (χ4n) is 2.62. The van der Waals surface area contributed by atoms with Gasteiger partial charge in [0.25, 0.3) is 0 Å². The minimum absolute atomic E-state index is 0. The first-order chi connectivity index (χ1) is 11.5. The van der Waals surface area contributed by atoms with E-state index in [0.29, 0.717) is 24.3 Å². The van der Waals surface area contributed by atoms with Crippen molar-refractivity contribution in [2.75, 3.05) is 20.2 Å². The van der Waals surface area contributed by atoms with E-state index in [1.807, 2.05) is 0 Å². The van der Waals surface area contributed by atoms with E-state index in [2.05, 4.69) is 15.4 Å². The van der Waals surface area contributed by atoms with E-state index in [1.54, 1.807) is 19.1 Å². The van der Waals surface area contributed by atoms with Gasteiger partial charge in [0.15, 0.2) is 0 Å². The lowest BCUT2D eigenvalue weighted by Crippen LogP contribution is -2.45. The van der Waals surface area contributed by atoms with Gasteiger partial charge in [0.2, 0.25) is 15.9 Å². The van der Waals surface area contributed by atoms with Crippen molar-refractivity contribution in [3.63, 3.8) is 0 Å². The van der Waals surface area contributed by atoms with E-state index in [-0.39, 0.29) is 35.8 Å². The minimum atomic E-state index is -3.61. The van der Waals surface area contributed by atoms with Gasteiger partial charge >= 0.3 is 0 Å². The number of carbonyl (C=O) groups excluding carboxylic acids is 1. The maximum Gasteiger partial charge on any atom is 0.240 e. The first kappa shape index (κ1) is 21.7. The molecule has 1 aromatic carbocycles. The smallest absolute Gasteiger partial charge is 0.240 e. The molecule has 0 aromatic heterocycles. The summed E-state index contributed by atoms with van der Waals surface area (Å²) < 4.78 is 33.1. The molecule has 0 bridgehead atoms. The molecule has 1 aromatic rings. The van der Waals surface area contributed by atoms with Gasteiger partial charge in [-0.2, -0.15) is 0 Å². The van der Waals surface area contributed by atoms with Crippen LogP contribution in [0.15, 0.2) is 23.1 Å². The van der Waals surface area contributed by atoms with Crippen LogP contribution in [0.5, 0.6) is 5.75 Å². The highest BCUT2D eigenvalue weighted by molar-refractivity contribution is 7.89. The molecular weight excluding hydrogens is 366 g/mol. The van der Waals surface area contributed by atoms with Crippen molar-refractivity contribution in [3.8, 4) is 5.75 Å². The number of halogens is 1. The average Bonchev–Trinajstić information content (AvgIpc) is 2.59. The van der Waals surface area contributed by atoms with Crippen molar-refractivity contribution >= 4 is 28.3 Å². The SMILES string of the molecule is CCC(=O)NCc1cc(S(=O)(=O)NC2CCCNC2)ccc1OC.Cl. The fourth-order valence-corrected chi connectivity index (χ4v) is 3.94. The number of hydrogen-bond acceptors (Lipinski definition) is 5. The summed E-state index contributed by atoms with van der Waals surface area (Å²) in [6, 6.07) is 4.57. The molecule has 1 fully saturated rings. The van der Waals surface area contributed by atoms with E-state index in [1.165, 1.54) is 13.2 Å². The molecule has 1 aliphatic heterocycles. The summed E-state index contributed by atoms with van der Waals surface area (Å²) in [5.41, 5.74) is 0.629. The van der Waals surface area contributed by atoms with E-state index >= 15 is 0 Å². The third kappa shape index (κ3) is 6.14. The van der Waals surface area contributed by atoms with Crippen molar-refractivity contribution in [3.05, 3.63) is 23.8 Å². The zero-order valence-electron chi connectivity index (χ0n) is 14.5. The maximum atomic E-state index is 12.6. The van der Waals surface area contributed by atoms with Crippen molar-refractivity contribution in [1.82, 2.24) is 15.4 Å². The number of sulfonamides is 1. The molecule has 0 spiro atoms. The second-order valence-corrected chi connectivity index (χ2v) is 7.48. The molecule has 1 amide bonds. The maximum absolute atomic E-state index is 12.6. The van der Waals surface area contributed by atoms with Crippen LogP contribution in [0.4, 0.5) is 0 Å². The zero-order chi connectivity index (χ0) is 17.6. The number of amides is 1. The van der Waals surface area contributed by atoms with Crippen LogP contribution in [-0.4, -0.2) is 40.6 Å². The first-order valence-electron chi connectivity index (χ1n) is 8.13. The van der Waals surface area contributed by atoms with Gasteiger partial charge in [0.05, 0.1) is 12.0 Å². The lowest BCUT2D eigenvalue weighted by atomic mass is 10.1. The van der Waals surface area contributed by atoms with E-state index in [4.69, 9.17) is 4.74 Å². The Morgan fingerprint density at radius 3 is 2.76 bits per heavy atom. The quantitative estimate of drug-likeness (QED) is 0.648. The van der Waals surface area contributed by atoms with Gasteiger partial charge in [-0.15, -0.1) is 12.4 Å². The minimum Gasteiger partial charge on any atom is -0.496 e. The molecular formula is C16H26ClN3O4S. The molecule has 25 heavy (non-hydrogen) atoms. The van der Waals surface area contributed by atoms with Crippen LogP contribution in [-0.2, 0) is 21.4 Å². The van der Waals surface area contributed by atoms with Crippen LogP contribution >= 0.6 is 12.4 Å². The monoisotopic (exact) mass is 391 g/mol. The van der Waals surface area contributed by atoms with Crippen molar-refractivity contribution < 1.29 is 17.9 Å². The Kier molecular flexibility index (Phi) is 8.64. The summed E-state index contributed by atoms with van der Waals surface area (Å²) in [7, 11) is -2.10. The van der Waals surface area contributed by atoms with Crippen molar-refractivity contribution in [2.45, 2.75) is 43.7 Å². The molecule has 1 atom stereocenters. The molecule has 9 heteroatoms. The lowest BCUT2D eigenvalue weighted by Gasteiger charge is -2.23. The zero-order valence-corrected chi connectivity index (χ0v) is 16.1. The van der Waals surface area contributed by atoms with Crippen LogP contribution in [0.1, 0.15) is 31.7 Å². The molecule has 0 saturated carbocycles. The first-order valence-corrected chi connectivity index (χ1v) is 9.61. The van der Waals surface area contributed by atoms with Gasteiger partial charge < -0.3 is 15.4 Å². The molecule has 1 saturated heterocycles. The van der Waals surface area contributed by atoms with Gasteiger partial charge in [0, 0.05) is 31.1 Å². The van der Waals surface area contributed by atoms with Crippen molar-refractivity contribution in [2.24, 2.45) is 0 Å². The standard InChI is InChI=1S/C16H25N3O4S.ClH/c1-3-16(20)18-10-12-9-14(6-7-15(12)23-2)24(21,22)19-13-5-4-8-17-11-13;/h6-7,9,13,17,19H,3-5,8,10-11H2,1-2H3,(H,18,20);1H. The number of ether oxygens (including phenoxy) is 1. The molecule has 7 nitrogen and oxygen atoms in total. The second kappa shape index (κ2) is 9.96. The number of hydrogen-bond donors (Lipinski definition) is 3. The highest BCUT2D eigenvalue weighted by Crippen LogP contribution is 2.23. The Hall–Kier alpha value is -1.35. The Labute approximate surface area is 155 Å². The third-order valence-corrected chi connectivity index (χ3v) is 5.50. The Morgan fingerprint density at radius 1 is 1.40 bits per heavy atom. The Morgan fingerprint density at radius 2 is 2.16 bits per heavy atom. The molecule has 1 aliphatic rings. The van der Waals surface area contributed by atoms with E-state index < -0.39 is 10.0 Å². The highest BCUT2D eigenvalue weighted by Gasteiger charge is 2.22.